The van der Waals surface area contributed by atoms with Crippen molar-refractivity contribution in [3.63, 3.8) is 0 Å². The number of rotatable bonds is 2. The quantitative estimate of drug-likeness (QED) is 0.872. The maximum atomic E-state index is 12.1. The molecule has 1 N–H and O–H groups in total. The fourth-order valence-corrected chi connectivity index (χ4v) is 2.65. The van der Waals surface area contributed by atoms with Crippen molar-refractivity contribution in [2.75, 3.05) is 6.79 Å². The molecule has 2 aliphatic rings. The summed E-state index contributed by atoms with van der Waals surface area (Å²) in [6.07, 6.45) is 3.48. The minimum atomic E-state index is -0.0212. The van der Waals surface area contributed by atoms with Crippen LogP contribution in [0, 0.1) is 5.92 Å². The van der Waals surface area contributed by atoms with Crippen molar-refractivity contribution < 1.29 is 14.3 Å². The summed E-state index contributed by atoms with van der Waals surface area (Å²) >= 11 is 0. The topological polar surface area (TPSA) is 47.6 Å². The first-order valence-electron chi connectivity index (χ1n) is 6.44. The van der Waals surface area contributed by atoms with E-state index in [0.717, 1.165) is 6.42 Å². The third-order valence-corrected chi connectivity index (χ3v) is 3.81. The van der Waals surface area contributed by atoms with E-state index in [1.165, 1.54) is 12.8 Å². The van der Waals surface area contributed by atoms with Gasteiger partial charge in [-0.25, -0.2) is 0 Å². The van der Waals surface area contributed by atoms with Gasteiger partial charge in [-0.05, 0) is 37.0 Å². The Bertz CT molecular complexity index is 472. The molecule has 0 aromatic heterocycles. The van der Waals surface area contributed by atoms with Gasteiger partial charge in [0.1, 0.15) is 0 Å². The molecule has 1 fully saturated rings. The normalized spacial score (nSPS) is 25.2. The molecule has 4 nitrogen and oxygen atoms in total. The largest absolute Gasteiger partial charge is 0.454 e. The molecule has 1 amide bonds. The first-order valence-corrected chi connectivity index (χ1v) is 6.44. The van der Waals surface area contributed by atoms with E-state index in [0.29, 0.717) is 29.0 Å². The molecule has 1 aliphatic heterocycles. The van der Waals surface area contributed by atoms with Crippen LogP contribution in [0.4, 0.5) is 0 Å². The molecule has 1 saturated carbocycles. The van der Waals surface area contributed by atoms with Crippen LogP contribution in [0.3, 0.4) is 0 Å². The Morgan fingerprint density at radius 1 is 1.28 bits per heavy atom. The molecule has 96 valence electrons. The predicted molar refractivity (Wildman–Crippen MR) is 66.8 cm³/mol. The second-order valence-electron chi connectivity index (χ2n) is 5.06. The first-order chi connectivity index (χ1) is 8.74. The smallest absolute Gasteiger partial charge is 0.251 e. The van der Waals surface area contributed by atoms with Gasteiger partial charge in [-0.1, -0.05) is 13.3 Å². The molecule has 1 heterocycles. The molecule has 1 aromatic rings. The minimum absolute atomic E-state index is 0.0212. The van der Waals surface area contributed by atoms with Gasteiger partial charge in [-0.3, -0.25) is 4.79 Å². The second-order valence-corrected chi connectivity index (χ2v) is 5.06. The van der Waals surface area contributed by atoms with Crippen molar-refractivity contribution in [2.45, 2.75) is 32.2 Å². The zero-order valence-corrected chi connectivity index (χ0v) is 10.4. The van der Waals surface area contributed by atoms with E-state index in [4.69, 9.17) is 9.47 Å². The summed E-state index contributed by atoms with van der Waals surface area (Å²) < 4.78 is 10.5. The lowest BCUT2D eigenvalue weighted by atomic mass is 10.1. The first kappa shape index (κ1) is 11.4. The van der Waals surface area contributed by atoms with Crippen molar-refractivity contribution in [2.24, 2.45) is 5.92 Å². The fourth-order valence-electron chi connectivity index (χ4n) is 2.65. The summed E-state index contributed by atoms with van der Waals surface area (Å²) in [5.74, 6) is 1.91. The second kappa shape index (κ2) is 4.52. The number of benzene rings is 1. The highest BCUT2D eigenvalue weighted by atomic mass is 16.7. The minimum Gasteiger partial charge on any atom is -0.454 e. The molecule has 0 spiro atoms. The van der Waals surface area contributed by atoms with Crippen LogP contribution in [0.25, 0.3) is 0 Å². The SMILES string of the molecule is C[C@H]1CCC[C@H]1NC(=O)c1ccc2c(c1)OCO2. The van der Waals surface area contributed by atoms with Crippen LogP contribution in [0.15, 0.2) is 18.2 Å². The predicted octanol–water partition coefficient (Wildman–Crippen LogP) is 2.33. The molecule has 3 rings (SSSR count). The molecule has 0 bridgehead atoms. The highest BCUT2D eigenvalue weighted by molar-refractivity contribution is 5.95. The van der Waals surface area contributed by atoms with E-state index >= 15 is 0 Å². The Balaban J connectivity index is 1.72. The summed E-state index contributed by atoms with van der Waals surface area (Å²) in [4.78, 5) is 12.1. The molecule has 2 atom stereocenters. The van der Waals surface area contributed by atoms with Crippen LogP contribution in [-0.2, 0) is 0 Å². The summed E-state index contributed by atoms with van der Waals surface area (Å²) in [5, 5.41) is 3.10. The summed E-state index contributed by atoms with van der Waals surface area (Å²) in [6, 6.07) is 5.62. The van der Waals surface area contributed by atoms with E-state index < -0.39 is 0 Å². The number of nitrogens with one attached hydrogen (secondary N) is 1. The van der Waals surface area contributed by atoms with Gasteiger partial charge >= 0.3 is 0 Å². The maximum Gasteiger partial charge on any atom is 0.251 e. The molecule has 1 aromatic carbocycles. The van der Waals surface area contributed by atoms with Crippen LogP contribution in [-0.4, -0.2) is 18.7 Å². The van der Waals surface area contributed by atoms with Gasteiger partial charge in [0.15, 0.2) is 11.5 Å². The summed E-state index contributed by atoms with van der Waals surface area (Å²) in [7, 11) is 0. The lowest BCUT2D eigenvalue weighted by Crippen LogP contribution is -2.36. The standard InChI is InChI=1S/C14H17NO3/c1-9-3-2-4-11(9)15-14(16)10-5-6-12-13(7-10)18-8-17-12/h5-7,9,11H,2-4,8H2,1H3,(H,15,16)/t9-,11+/m0/s1. The monoisotopic (exact) mass is 247 g/mol. The van der Waals surface area contributed by atoms with Crippen molar-refractivity contribution in [3.8, 4) is 11.5 Å². The zero-order chi connectivity index (χ0) is 12.5. The van der Waals surface area contributed by atoms with Crippen molar-refractivity contribution in [1.82, 2.24) is 5.32 Å². The average Bonchev–Trinajstić information content (AvgIpc) is 2.98. The van der Waals surface area contributed by atoms with Crippen molar-refractivity contribution in [1.29, 1.82) is 0 Å². The van der Waals surface area contributed by atoms with Crippen LogP contribution in [0.1, 0.15) is 36.5 Å². The fraction of sp³-hybridized carbons (Fsp3) is 0.500. The lowest BCUT2D eigenvalue weighted by molar-refractivity contribution is 0.0929. The number of hydrogen-bond acceptors (Lipinski definition) is 3. The molecule has 1 aliphatic carbocycles. The Kier molecular flexibility index (Phi) is 2.86. The third kappa shape index (κ3) is 2.03. The summed E-state index contributed by atoms with van der Waals surface area (Å²) in [5.41, 5.74) is 0.637. The number of hydrogen-bond donors (Lipinski definition) is 1. The maximum absolute atomic E-state index is 12.1. The lowest BCUT2D eigenvalue weighted by Gasteiger charge is -2.17. The number of carbonyl (C=O) groups is 1. The van der Waals surface area contributed by atoms with Crippen LogP contribution >= 0.6 is 0 Å². The van der Waals surface area contributed by atoms with Gasteiger partial charge in [-0.2, -0.15) is 0 Å². The van der Waals surface area contributed by atoms with E-state index in [-0.39, 0.29) is 12.7 Å². The van der Waals surface area contributed by atoms with E-state index in [1.807, 2.05) is 0 Å². The third-order valence-electron chi connectivity index (χ3n) is 3.81. The van der Waals surface area contributed by atoms with Gasteiger partial charge in [0.2, 0.25) is 6.79 Å². The highest BCUT2D eigenvalue weighted by Gasteiger charge is 2.25. The van der Waals surface area contributed by atoms with Gasteiger partial charge in [0, 0.05) is 11.6 Å². The number of carbonyl (C=O) groups excluding carboxylic acids is 1. The molecule has 18 heavy (non-hydrogen) atoms. The molecule has 0 saturated heterocycles. The highest BCUT2D eigenvalue weighted by Crippen LogP contribution is 2.32. The Morgan fingerprint density at radius 3 is 2.89 bits per heavy atom. The van der Waals surface area contributed by atoms with Crippen molar-refractivity contribution >= 4 is 5.91 Å². The molecular formula is C14H17NO3. The van der Waals surface area contributed by atoms with E-state index in [2.05, 4.69) is 12.2 Å². The van der Waals surface area contributed by atoms with Gasteiger partial charge in [0.25, 0.3) is 5.91 Å². The molecular weight excluding hydrogens is 230 g/mol. The van der Waals surface area contributed by atoms with Gasteiger partial charge in [0.05, 0.1) is 0 Å². The zero-order valence-electron chi connectivity index (χ0n) is 10.4. The van der Waals surface area contributed by atoms with Crippen LogP contribution in [0.5, 0.6) is 11.5 Å². The van der Waals surface area contributed by atoms with Gasteiger partial charge in [-0.15, -0.1) is 0 Å². The molecule has 0 radical (unpaired) electrons. The van der Waals surface area contributed by atoms with Gasteiger partial charge < -0.3 is 14.8 Å². The number of amides is 1. The average molecular weight is 247 g/mol. The summed E-state index contributed by atoms with van der Waals surface area (Å²) in [6.45, 7) is 2.43. The van der Waals surface area contributed by atoms with E-state index in [9.17, 15) is 4.79 Å². The van der Waals surface area contributed by atoms with Crippen LogP contribution < -0.4 is 14.8 Å². The van der Waals surface area contributed by atoms with Crippen LogP contribution in [0.2, 0.25) is 0 Å². The number of fused-ring (bicyclic) bond motifs is 1. The Labute approximate surface area is 106 Å². The Morgan fingerprint density at radius 2 is 2.11 bits per heavy atom. The Hall–Kier alpha value is -1.71. The number of ether oxygens (including phenoxy) is 2. The van der Waals surface area contributed by atoms with Crippen molar-refractivity contribution in [3.05, 3.63) is 23.8 Å². The van der Waals surface area contributed by atoms with E-state index in [1.54, 1.807) is 18.2 Å². The molecule has 4 heteroatoms. The molecule has 0 unspecified atom stereocenters.